The van der Waals surface area contributed by atoms with Gasteiger partial charge in [-0.05, 0) is 48.9 Å². The van der Waals surface area contributed by atoms with E-state index in [4.69, 9.17) is 4.74 Å². The standard InChI is InChI=1S/C25H22FN5O2S/c1-17-6-8-19(9-7-17)24-29-30-25(31(24)21-10-12-22(33-2)13-11-21)34-16-23(32)28-27-15-18-4-3-5-20(26)14-18/h3-15H,16H2,1-2H3,(H,28,32). The lowest BCUT2D eigenvalue weighted by molar-refractivity contribution is -0.118. The number of halogens is 1. The molecule has 3 aromatic carbocycles. The highest BCUT2D eigenvalue weighted by atomic mass is 32.2. The Morgan fingerprint density at radius 3 is 2.59 bits per heavy atom. The van der Waals surface area contributed by atoms with Gasteiger partial charge in [0.25, 0.3) is 5.91 Å². The molecule has 0 unspecified atom stereocenters. The largest absolute Gasteiger partial charge is 0.497 e. The van der Waals surface area contributed by atoms with E-state index in [1.807, 2.05) is 60.0 Å². The first kappa shape index (κ1) is 23.2. The predicted molar refractivity (Wildman–Crippen MR) is 131 cm³/mol. The van der Waals surface area contributed by atoms with Gasteiger partial charge in [-0.25, -0.2) is 9.82 Å². The van der Waals surface area contributed by atoms with Crippen molar-refractivity contribution in [3.05, 3.63) is 89.7 Å². The van der Waals surface area contributed by atoms with E-state index in [0.29, 0.717) is 16.5 Å². The fourth-order valence-corrected chi connectivity index (χ4v) is 3.89. The molecule has 0 aliphatic carbocycles. The normalized spacial score (nSPS) is 11.0. The second-order valence-electron chi connectivity index (χ2n) is 7.34. The average molecular weight is 476 g/mol. The molecule has 1 N–H and O–H groups in total. The van der Waals surface area contributed by atoms with Gasteiger partial charge in [0.15, 0.2) is 11.0 Å². The number of hydrogen-bond acceptors (Lipinski definition) is 6. The van der Waals surface area contributed by atoms with Gasteiger partial charge in [0.1, 0.15) is 11.6 Å². The number of hydrazone groups is 1. The first-order valence-corrected chi connectivity index (χ1v) is 11.4. The third-order valence-corrected chi connectivity index (χ3v) is 5.79. The molecule has 4 rings (SSSR count). The third-order valence-electron chi connectivity index (χ3n) is 4.86. The highest BCUT2D eigenvalue weighted by Crippen LogP contribution is 2.29. The zero-order chi connectivity index (χ0) is 23.9. The van der Waals surface area contributed by atoms with Crippen LogP contribution in [0.15, 0.2) is 83.1 Å². The van der Waals surface area contributed by atoms with Crippen LogP contribution in [-0.2, 0) is 4.79 Å². The molecule has 0 spiro atoms. The highest BCUT2D eigenvalue weighted by molar-refractivity contribution is 7.99. The molecule has 0 aliphatic heterocycles. The molecule has 0 atom stereocenters. The topological polar surface area (TPSA) is 81.4 Å². The van der Waals surface area contributed by atoms with Crippen molar-refractivity contribution in [1.29, 1.82) is 0 Å². The van der Waals surface area contributed by atoms with Gasteiger partial charge in [0.05, 0.1) is 19.1 Å². The maximum atomic E-state index is 13.3. The van der Waals surface area contributed by atoms with Crippen molar-refractivity contribution in [2.45, 2.75) is 12.1 Å². The van der Waals surface area contributed by atoms with Crippen LogP contribution >= 0.6 is 11.8 Å². The minimum Gasteiger partial charge on any atom is -0.497 e. The summed E-state index contributed by atoms with van der Waals surface area (Å²) in [6.45, 7) is 2.02. The van der Waals surface area contributed by atoms with Crippen molar-refractivity contribution >= 4 is 23.9 Å². The Bertz CT molecular complexity index is 1300. The minimum atomic E-state index is -0.368. The maximum absolute atomic E-state index is 13.3. The monoisotopic (exact) mass is 475 g/mol. The summed E-state index contributed by atoms with van der Waals surface area (Å²) in [6, 6.07) is 21.5. The van der Waals surface area contributed by atoms with Crippen molar-refractivity contribution in [3.63, 3.8) is 0 Å². The van der Waals surface area contributed by atoms with Crippen molar-refractivity contribution in [2.24, 2.45) is 5.10 Å². The van der Waals surface area contributed by atoms with Crippen LogP contribution in [0.3, 0.4) is 0 Å². The van der Waals surface area contributed by atoms with Gasteiger partial charge in [-0.2, -0.15) is 5.10 Å². The molecule has 0 radical (unpaired) electrons. The number of benzene rings is 3. The summed E-state index contributed by atoms with van der Waals surface area (Å²) in [5.74, 6) is 0.783. The van der Waals surface area contributed by atoms with Crippen LogP contribution in [0.4, 0.5) is 4.39 Å². The third kappa shape index (κ3) is 5.68. The van der Waals surface area contributed by atoms with Gasteiger partial charge in [0, 0.05) is 11.3 Å². The molecule has 9 heteroatoms. The highest BCUT2D eigenvalue weighted by Gasteiger charge is 2.17. The molecule has 0 bridgehead atoms. The number of carbonyl (C=O) groups excluding carboxylic acids is 1. The average Bonchev–Trinajstić information content (AvgIpc) is 3.27. The summed E-state index contributed by atoms with van der Waals surface area (Å²) in [7, 11) is 1.61. The summed E-state index contributed by atoms with van der Waals surface area (Å²) in [4.78, 5) is 12.3. The van der Waals surface area contributed by atoms with Crippen LogP contribution in [0, 0.1) is 12.7 Å². The second kappa shape index (κ2) is 10.8. The SMILES string of the molecule is COc1ccc(-n2c(SCC(=O)NN=Cc3cccc(F)c3)nnc2-c2ccc(C)cc2)cc1. The molecule has 0 aliphatic rings. The zero-order valence-electron chi connectivity index (χ0n) is 18.6. The summed E-state index contributed by atoms with van der Waals surface area (Å²) in [5.41, 5.74) is 5.90. The smallest absolute Gasteiger partial charge is 0.250 e. The fraction of sp³-hybridized carbons (Fsp3) is 0.120. The van der Waals surface area contributed by atoms with E-state index in [0.717, 1.165) is 22.6 Å². The van der Waals surface area contributed by atoms with Crippen molar-refractivity contribution in [3.8, 4) is 22.8 Å². The molecule has 0 fully saturated rings. The molecular formula is C25H22FN5O2S. The van der Waals surface area contributed by atoms with E-state index in [2.05, 4.69) is 20.7 Å². The van der Waals surface area contributed by atoms with Gasteiger partial charge in [-0.3, -0.25) is 9.36 Å². The maximum Gasteiger partial charge on any atom is 0.250 e. The quantitative estimate of drug-likeness (QED) is 0.228. The number of aromatic nitrogens is 3. The van der Waals surface area contributed by atoms with E-state index in [9.17, 15) is 9.18 Å². The number of thioether (sulfide) groups is 1. The van der Waals surface area contributed by atoms with Crippen molar-refractivity contribution in [2.75, 3.05) is 12.9 Å². The Morgan fingerprint density at radius 1 is 1.12 bits per heavy atom. The number of nitrogens with one attached hydrogen (secondary N) is 1. The van der Waals surface area contributed by atoms with E-state index in [1.54, 1.807) is 19.2 Å². The lowest BCUT2D eigenvalue weighted by Crippen LogP contribution is -2.20. The summed E-state index contributed by atoms with van der Waals surface area (Å²) in [6.07, 6.45) is 1.39. The fourth-order valence-electron chi connectivity index (χ4n) is 3.15. The van der Waals surface area contributed by atoms with Crippen LogP contribution in [0.1, 0.15) is 11.1 Å². The van der Waals surface area contributed by atoms with Gasteiger partial charge in [0.2, 0.25) is 0 Å². The van der Waals surface area contributed by atoms with Gasteiger partial charge in [-0.15, -0.1) is 10.2 Å². The predicted octanol–water partition coefficient (Wildman–Crippen LogP) is 4.63. The zero-order valence-corrected chi connectivity index (χ0v) is 19.4. The summed E-state index contributed by atoms with van der Waals surface area (Å²) >= 11 is 1.24. The molecule has 0 saturated heterocycles. The van der Waals surface area contributed by atoms with Crippen LogP contribution < -0.4 is 10.2 Å². The Kier molecular flexibility index (Phi) is 7.34. The molecule has 7 nitrogen and oxygen atoms in total. The molecule has 1 aromatic heterocycles. The first-order valence-electron chi connectivity index (χ1n) is 10.4. The Hall–Kier alpha value is -3.98. The summed E-state index contributed by atoms with van der Waals surface area (Å²) in [5, 5.41) is 13.2. The molecule has 172 valence electrons. The number of nitrogens with zero attached hydrogens (tertiary/aromatic N) is 4. The van der Waals surface area contributed by atoms with E-state index >= 15 is 0 Å². The summed E-state index contributed by atoms with van der Waals surface area (Å²) < 4.78 is 20.4. The lowest BCUT2D eigenvalue weighted by atomic mass is 10.1. The van der Waals surface area contributed by atoms with Crippen molar-refractivity contribution < 1.29 is 13.9 Å². The Balaban J connectivity index is 1.52. The van der Waals surface area contributed by atoms with Crippen LogP contribution in [0.25, 0.3) is 17.1 Å². The molecule has 34 heavy (non-hydrogen) atoms. The number of methoxy groups -OCH3 is 1. The Labute approximate surface area is 200 Å². The lowest BCUT2D eigenvalue weighted by Gasteiger charge is -2.11. The number of ether oxygens (including phenoxy) is 1. The number of carbonyl (C=O) groups is 1. The molecular weight excluding hydrogens is 453 g/mol. The number of rotatable bonds is 8. The number of amides is 1. The van der Waals surface area contributed by atoms with Crippen LogP contribution in [0.2, 0.25) is 0 Å². The molecule has 0 saturated carbocycles. The van der Waals surface area contributed by atoms with Gasteiger partial charge < -0.3 is 4.74 Å². The van der Waals surface area contributed by atoms with Crippen LogP contribution in [-0.4, -0.2) is 39.7 Å². The second-order valence-corrected chi connectivity index (χ2v) is 8.28. The van der Waals surface area contributed by atoms with Gasteiger partial charge in [-0.1, -0.05) is 53.7 Å². The number of aryl methyl sites for hydroxylation is 1. The first-order chi connectivity index (χ1) is 16.5. The minimum absolute atomic E-state index is 0.0721. The molecule has 1 amide bonds. The van der Waals surface area contributed by atoms with Crippen molar-refractivity contribution in [1.82, 2.24) is 20.2 Å². The van der Waals surface area contributed by atoms with Gasteiger partial charge >= 0.3 is 0 Å². The van der Waals surface area contributed by atoms with E-state index < -0.39 is 0 Å². The molecule has 1 heterocycles. The van der Waals surface area contributed by atoms with Crippen LogP contribution in [0.5, 0.6) is 5.75 Å². The van der Waals surface area contributed by atoms with E-state index in [-0.39, 0.29) is 17.5 Å². The molecule has 4 aromatic rings. The number of hydrogen-bond donors (Lipinski definition) is 1. The van der Waals surface area contributed by atoms with E-state index in [1.165, 1.54) is 30.1 Å². The Morgan fingerprint density at radius 2 is 1.88 bits per heavy atom.